The van der Waals surface area contributed by atoms with Crippen LogP contribution in [0.4, 0.5) is 0 Å². The van der Waals surface area contributed by atoms with Gasteiger partial charge in [0.2, 0.25) is 0 Å². The zero-order chi connectivity index (χ0) is 48.7. The van der Waals surface area contributed by atoms with Crippen LogP contribution in [0.3, 0.4) is 0 Å². The van der Waals surface area contributed by atoms with Crippen LogP contribution in [0.25, 0.3) is 89.4 Å². The van der Waals surface area contributed by atoms with Crippen molar-refractivity contribution in [1.82, 2.24) is 79.3 Å². The lowest BCUT2D eigenvalue weighted by molar-refractivity contribution is 0.951. The zero-order valence-corrected chi connectivity index (χ0v) is 38.7. The van der Waals surface area contributed by atoms with Gasteiger partial charge in [0.1, 0.15) is 22.6 Å². The first-order valence-electron chi connectivity index (χ1n) is 23.2. The van der Waals surface area contributed by atoms with Crippen molar-refractivity contribution in [2.24, 2.45) is 7.05 Å². The van der Waals surface area contributed by atoms with Gasteiger partial charge in [0, 0.05) is 151 Å². The first-order valence-corrected chi connectivity index (χ1v) is 23.2. The van der Waals surface area contributed by atoms with Crippen LogP contribution in [0.5, 0.6) is 0 Å². The fraction of sp³-hybridized carbons (Fsp3) is 0.0175. The van der Waals surface area contributed by atoms with E-state index in [1.165, 1.54) is 0 Å². The summed E-state index contributed by atoms with van der Waals surface area (Å²) in [5.74, 6) is 1.63. The SMILES string of the molecule is Cn1c2nc3nc(nc4[nH]c(nc5nc(nc1c(-c1ccncc1)c2-c1ccncc1)C(c1ccncc1)=C5c1ccncc1)c(-c1ccncc1)c4-c1ccncc1)C(c1ccncc1)=C3c1ccncc1. The topological polar surface area (TPSA) is 201 Å². The number of H-pyrrole nitrogens is 1. The molecule has 2 aliphatic heterocycles. The fourth-order valence-corrected chi connectivity index (χ4v) is 9.52. The van der Waals surface area contributed by atoms with Crippen molar-refractivity contribution in [3.05, 3.63) is 242 Å². The molecule has 1 N–H and O–H groups in total. The Morgan fingerprint density at radius 1 is 0.260 bits per heavy atom. The van der Waals surface area contributed by atoms with Crippen LogP contribution in [-0.4, -0.2) is 79.3 Å². The Morgan fingerprint density at radius 2 is 0.479 bits per heavy atom. The summed E-state index contributed by atoms with van der Waals surface area (Å²) in [6.07, 6.45) is 28.3. The van der Waals surface area contributed by atoms with Crippen molar-refractivity contribution < 1.29 is 0 Å². The van der Waals surface area contributed by atoms with Crippen molar-refractivity contribution in [1.29, 1.82) is 0 Å². The van der Waals surface area contributed by atoms with Gasteiger partial charge in [0.25, 0.3) is 0 Å². The molecular weight excluding hydrogens is 909 g/mol. The van der Waals surface area contributed by atoms with Crippen LogP contribution in [0.15, 0.2) is 196 Å². The summed E-state index contributed by atoms with van der Waals surface area (Å²) in [5.41, 5.74) is 14.9. The quantitative estimate of drug-likeness (QED) is 0.151. The Morgan fingerprint density at radius 3 is 0.740 bits per heavy atom. The normalized spacial score (nSPS) is 12.3. The smallest absolute Gasteiger partial charge is 0.165 e. The van der Waals surface area contributed by atoms with Crippen molar-refractivity contribution in [2.45, 2.75) is 0 Å². The maximum atomic E-state index is 5.67. The highest BCUT2D eigenvalue weighted by atomic mass is 15.1. The number of hydrogen-bond acceptors (Lipinski definition) is 14. The average Bonchev–Trinajstić information content (AvgIpc) is 4.19. The molecule has 73 heavy (non-hydrogen) atoms. The number of fused-ring (bicyclic) bond motifs is 8. The van der Waals surface area contributed by atoms with Gasteiger partial charge in [-0.25, -0.2) is 29.9 Å². The summed E-state index contributed by atoms with van der Waals surface area (Å²) in [5, 5.41) is 0. The average molecular weight is 945 g/mol. The van der Waals surface area contributed by atoms with E-state index in [1.807, 2.05) is 109 Å². The van der Waals surface area contributed by atoms with E-state index in [-0.39, 0.29) is 0 Å². The fourth-order valence-electron chi connectivity index (χ4n) is 9.52. The van der Waals surface area contributed by atoms with Gasteiger partial charge in [0.15, 0.2) is 23.3 Å². The van der Waals surface area contributed by atoms with Crippen LogP contribution >= 0.6 is 0 Å². The summed E-state index contributed by atoms with van der Waals surface area (Å²) >= 11 is 0. The summed E-state index contributed by atoms with van der Waals surface area (Å²) in [4.78, 5) is 72.4. The third-order valence-electron chi connectivity index (χ3n) is 12.7. The Kier molecular flexibility index (Phi) is 10.6. The molecule has 2 aliphatic rings. The molecule has 0 unspecified atom stereocenters. The highest BCUT2D eigenvalue weighted by molar-refractivity contribution is 6.08. The molecule has 344 valence electrons. The minimum Gasteiger partial charge on any atom is -0.324 e. The Hall–Kier alpha value is -10.5. The third kappa shape index (κ3) is 7.58. The van der Waals surface area contributed by atoms with Crippen LogP contribution in [0.1, 0.15) is 45.6 Å². The van der Waals surface area contributed by atoms with Crippen LogP contribution in [-0.2, 0) is 7.05 Å². The van der Waals surface area contributed by atoms with E-state index in [0.29, 0.717) is 45.9 Å². The molecular formula is C57H36N16. The molecule has 0 aromatic carbocycles. The summed E-state index contributed by atoms with van der Waals surface area (Å²) < 4.78 is 2.00. The van der Waals surface area contributed by atoms with E-state index in [1.54, 1.807) is 99.1 Å². The van der Waals surface area contributed by atoms with Crippen molar-refractivity contribution in [3.63, 3.8) is 0 Å². The zero-order valence-electron chi connectivity index (χ0n) is 38.7. The summed E-state index contributed by atoms with van der Waals surface area (Å²) in [6, 6.07) is 31.4. The number of rotatable bonds is 8. The molecule has 0 aliphatic carbocycles. The number of aromatic nitrogens is 16. The minimum atomic E-state index is 0.401. The van der Waals surface area contributed by atoms with Crippen LogP contribution < -0.4 is 0 Å². The number of aromatic amines is 1. The van der Waals surface area contributed by atoms with Crippen molar-refractivity contribution in [2.75, 3.05) is 0 Å². The first kappa shape index (κ1) is 42.6. The standard InChI is InChI=1S/C57H36N16/c1-73-56-48(40-14-30-64-31-15-40)49(41-16-32-65-33-17-41)57(73)72-55-47(39-12-28-63-29-13-39)45(37-8-24-61-25-9-37)53(70-55)68-51-43(35-4-20-59-21-5-35)42(34-2-18-58-19-3-34)50(66-51)67-52-44(36-6-22-60-23-7-36)46(54(69-52)71-56)38-10-26-62-27-11-38/h2-33H,1H3,(H,66,67,68,69,70,71,72). The van der Waals surface area contributed by atoms with E-state index < -0.39 is 0 Å². The van der Waals surface area contributed by atoms with E-state index in [2.05, 4.69) is 44.9 Å². The molecule has 13 rings (SSSR count). The predicted octanol–water partition coefficient (Wildman–Crippen LogP) is 9.75. The van der Waals surface area contributed by atoms with Crippen LogP contribution in [0, 0.1) is 0 Å². The maximum Gasteiger partial charge on any atom is 0.165 e. The molecule has 0 fully saturated rings. The van der Waals surface area contributed by atoms with E-state index in [9.17, 15) is 0 Å². The molecule has 0 radical (unpaired) electrons. The molecule has 13 heterocycles. The molecule has 0 spiro atoms. The molecule has 0 atom stereocenters. The van der Waals surface area contributed by atoms with Gasteiger partial charge >= 0.3 is 0 Å². The molecule has 0 amide bonds. The Bertz CT molecular complexity index is 3830. The Balaban J connectivity index is 1.30. The highest BCUT2D eigenvalue weighted by Crippen LogP contribution is 2.45. The number of nitrogens with zero attached hydrogens (tertiary/aromatic N) is 15. The van der Waals surface area contributed by atoms with Gasteiger partial charge in [0.05, 0.1) is 0 Å². The molecule has 0 saturated carbocycles. The van der Waals surface area contributed by atoms with E-state index in [4.69, 9.17) is 29.9 Å². The lowest BCUT2D eigenvalue weighted by atomic mass is 9.96. The third-order valence-corrected chi connectivity index (χ3v) is 12.7. The monoisotopic (exact) mass is 944 g/mol. The molecule has 16 nitrogen and oxygen atoms in total. The maximum absolute atomic E-state index is 5.67. The lowest BCUT2D eigenvalue weighted by Crippen LogP contribution is -1.98. The molecule has 8 bridgehead atoms. The predicted molar refractivity (Wildman–Crippen MR) is 277 cm³/mol. The van der Waals surface area contributed by atoms with Gasteiger partial charge in [-0.05, 0) is 142 Å². The molecule has 0 saturated heterocycles. The first-order chi connectivity index (χ1) is 36.2. The highest BCUT2D eigenvalue weighted by Gasteiger charge is 2.31. The number of nitrogens with one attached hydrogen (secondary N) is 1. The molecule has 11 aromatic rings. The lowest BCUT2D eigenvalue weighted by Gasteiger charge is -2.09. The number of pyridine rings is 8. The van der Waals surface area contributed by atoms with Crippen molar-refractivity contribution >= 4 is 44.9 Å². The second-order valence-corrected chi connectivity index (χ2v) is 16.9. The van der Waals surface area contributed by atoms with Crippen molar-refractivity contribution in [3.8, 4) is 44.5 Å². The van der Waals surface area contributed by atoms with Gasteiger partial charge in [-0.2, -0.15) is 0 Å². The summed E-state index contributed by atoms with van der Waals surface area (Å²) in [7, 11) is 1.96. The van der Waals surface area contributed by atoms with E-state index in [0.717, 1.165) is 89.1 Å². The van der Waals surface area contributed by atoms with Gasteiger partial charge in [-0.15, -0.1) is 0 Å². The second kappa shape index (κ2) is 18.1. The van der Waals surface area contributed by atoms with Crippen LogP contribution in [0.2, 0.25) is 0 Å². The summed E-state index contributed by atoms with van der Waals surface area (Å²) in [6.45, 7) is 0. The minimum absolute atomic E-state index is 0.401. The number of aryl methyl sites for hydroxylation is 1. The number of hydrogen-bond donors (Lipinski definition) is 1. The van der Waals surface area contributed by atoms with Gasteiger partial charge < -0.3 is 9.55 Å². The molecule has 16 heteroatoms. The van der Waals surface area contributed by atoms with Gasteiger partial charge in [-0.3, -0.25) is 39.9 Å². The van der Waals surface area contributed by atoms with Gasteiger partial charge in [-0.1, -0.05) is 0 Å². The largest absolute Gasteiger partial charge is 0.324 e. The van der Waals surface area contributed by atoms with E-state index >= 15 is 0 Å². The second-order valence-electron chi connectivity index (χ2n) is 16.9. The Labute approximate surface area is 415 Å². The molecule has 11 aromatic heterocycles.